The van der Waals surface area contributed by atoms with E-state index < -0.39 is 11.8 Å². The number of piperidine rings is 1. The summed E-state index contributed by atoms with van der Waals surface area (Å²) in [5.41, 5.74) is 0.400. The van der Waals surface area contributed by atoms with Crippen LogP contribution in [0.25, 0.3) is 0 Å². The predicted molar refractivity (Wildman–Crippen MR) is 48.7 cm³/mol. The van der Waals surface area contributed by atoms with Crippen LogP contribution in [0.4, 0.5) is 8.78 Å². The number of pyridine rings is 1. The van der Waals surface area contributed by atoms with E-state index in [1.165, 1.54) is 6.07 Å². The van der Waals surface area contributed by atoms with Crippen LogP contribution in [0.1, 0.15) is 30.9 Å². The molecule has 14 heavy (non-hydrogen) atoms. The van der Waals surface area contributed by atoms with Crippen molar-refractivity contribution in [3.8, 4) is 0 Å². The van der Waals surface area contributed by atoms with E-state index >= 15 is 0 Å². The van der Waals surface area contributed by atoms with E-state index in [9.17, 15) is 8.78 Å². The van der Waals surface area contributed by atoms with Crippen LogP contribution in [0.5, 0.6) is 0 Å². The van der Waals surface area contributed by atoms with Crippen molar-refractivity contribution in [3.63, 3.8) is 0 Å². The lowest BCUT2D eigenvalue weighted by Gasteiger charge is -2.23. The first-order valence-corrected chi connectivity index (χ1v) is 4.81. The molecule has 0 aliphatic carbocycles. The highest BCUT2D eigenvalue weighted by Crippen LogP contribution is 2.24. The van der Waals surface area contributed by atoms with Crippen LogP contribution in [0, 0.1) is 11.8 Å². The second-order valence-electron chi connectivity index (χ2n) is 3.53. The van der Waals surface area contributed by atoms with E-state index in [1.807, 2.05) is 0 Å². The van der Waals surface area contributed by atoms with Gasteiger partial charge in [-0.25, -0.2) is 9.37 Å². The molecule has 0 bridgehead atoms. The molecule has 2 nitrogen and oxygen atoms in total. The van der Waals surface area contributed by atoms with E-state index in [4.69, 9.17) is 0 Å². The Morgan fingerprint density at radius 1 is 1.36 bits per heavy atom. The van der Waals surface area contributed by atoms with Crippen molar-refractivity contribution in [1.29, 1.82) is 0 Å². The van der Waals surface area contributed by atoms with Crippen molar-refractivity contribution >= 4 is 0 Å². The maximum atomic E-state index is 13.3. The number of nitrogens with zero attached hydrogens (tertiary/aromatic N) is 1. The molecule has 0 amide bonds. The van der Waals surface area contributed by atoms with Crippen molar-refractivity contribution in [3.05, 3.63) is 29.6 Å². The minimum Gasteiger partial charge on any atom is -0.310 e. The van der Waals surface area contributed by atoms with Crippen LogP contribution >= 0.6 is 0 Å². The molecule has 1 fully saturated rings. The number of rotatable bonds is 1. The highest BCUT2D eigenvalue weighted by atomic mass is 19.1. The first-order valence-electron chi connectivity index (χ1n) is 4.81. The minimum atomic E-state index is -0.617. The van der Waals surface area contributed by atoms with Gasteiger partial charge in [0.15, 0.2) is 0 Å². The van der Waals surface area contributed by atoms with Gasteiger partial charge in [0.05, 0.1) is 6.20 Å². The summed E-state index contributed by atoms with van der Waals surface area (Å²) in [5, 5.41) is 3.17. The Morgan fingerprint density at radius 2 is 2.21 bits per heavy atom. The van der Waals surface area contributed by atoms with E-state index in [0.29, 0.717) is 5.56 Å². The molecular weight excluding hydrogens is 186 g/mol. The van der Waals surface area contributed by atoms with Crippen LogP contribution in [0.2, 0.25) is 0 Å². The SMILES string of the molecule is Fc1cc(C2CCCCN2)c(F)cn1. The van der Waals surface area contributed by atoms with Crippen molar-refractivity contribution in [1.82, 2.24) is 10.3 Å². The standard InChI is InChI=1S/C10H12F2N2/c11-8-6-14-10(12)5-7(8)9-3-1-2-4-13-9/h5-6,9,13H,1-4H2. The van der Waals surface area contributed by atoms with Crippen LogP contribution in [0.15, 0.2) is 12.3 Å². The number of hydrogen-bond donors (Lipinski definition) is 1. The maximum absolute atomic E-state index is 13.3. The van der Waals surface area contributed by atoms with Crippen molar-refractivity contribution in [2.45, 2.75) is 25.3 Å². The Morgan fingerprint density at radius 3 is 2.93 bits per heavy atom. The number of aromatic nitrogens is 1. The second kappa shape index (κ2) is 4.00. The second-order valence-corrected chi connectivity index (χ2v) is 3.53. The number of nitrogens with one attached hydrogen (secondary N) is 1. The average Bonchev–Trinajstić information content (AvgIpc) is 2.23. The normalized spacial score (nSPS) is 22.3. The Hall–Kier alpha value is -1.03. The zero-order chi connectivity index (χ0) is 9.97. The van der Waals surface area contributed by atoms with E-state index in [-0.39, 0.29) is 6.04 Å². The van der Waals surface area contributed by atoms with Crippen molar-refractivity contribution < 1.29 is 8.78 Å². The average molecular weight is 198 g/mol. The van der Waals surface area contributed by atoms with Gasteiger partial charge in [-0.2, -0.15) is 4.39 Å². The summed E-state index contributed by atoms with van der Waals surface area (Å²) in [7, 11) is 0. The third-order valence-electron chi connectivity index (χ3n) is 2.54. The summed E-state index contributed by atoms with van der Waals surface area (Å²) in [4.78, 5) is 3.26. The summed E-state index contributed by atoms with van der Waals surface area (Å²) < 4.78 is 26.1. The van der Waals surface area contributed by atoms with E-state index in [2.05, 4.69) is 10.3 Å². The minimum absolute atomic E-state index is 0.0544. The van der Waals surface area contributed by atoms with Gasteiger partial charge in [-0.05, 0) is 19.4 Å². The molecule has 0 spiro atoms. The quantitative estimate of drug-likeness (QED) is 0.699. The molecule has 1 aromatic heterocycles. The largest absolute Gasteiger partial charge is 0.310 e. The fraction of sp³-hybridized carbons (Fsp3) is 0.500. The monoisotopic (exact) mass is 198 g/mol. The van der Waals surface area contributed by atoms with Crippen molar-refractivity contribution in [2.75, 3.05) is 6.54 Å². The highest BCUT2D eigenvalue weighted by molar-refractivity contribution is 5.18. The third kappa shape index (κ3) is 1.90. The Bertz CT molecular complexity index is 322. The summed E-state index contributed by atoms with van der Waals surface area (Å²) in [6.45, 7) is 0.869. The van der Waals surface area contributed by atoms with Gasteiger partial charge in [0.25, 0.3) is 0 Å². The molecule has 76 valence electrons. The summed E-state index contributed by atoms with van der Waals surface area (Å²) in [6, 6.07) is 1.12. The molecule has 2 heterocycles. The smallest absolute Gasteiger partial charge is 0.213 e. The Labute approximate surface area is 81.4 Å². The Balaban J connectivity index is 2.24. The molecule has 1 saturated heterocycles. The molecule has 1 aliphatic heterocycles. The molecule has 4 heteroatoms. The molecule has 2 rings (SSSR count). The molecule has 1 N–H and O–H groups in total. The third-order valence-corrected chi connectivity index (χ3v) is 2.54. The van der Waals surface area contributed by atoms with Gasteiger partial charge in [-0.15, -0.1) is 0 Å². The molecule has 1 unspecified atom stereocenters. The lowest BCUT2D eigenvalue weighted by atomic mass is 9.98. The fourth-order valence-electron chi connectivity index (χ4n) is 1.81. The van der Waals surface area contributed by atoms with Crippen LogP contribution < -0.4 is 5.32 Å². The summed E-state index contributed by atoms with van der Waals surface area (Å²) >= 11 is 0. The summed E-state index contributed by atoms with van der Waals surface area (Å²) in [6.07, 6.45) is 3.97. The van der Waals surface area contributed by atoms with Gasteiger partial charge in [0.2, 0.25) is 5.95 Å². The number of halogens is 2. The first kappa shape index (κ1) is 9.52. The highest BCUT2D eigenvalue weighted by Gasteiger charge is 2.18. The van der Waals surface area contributed by atoms with Gasteiger partial charge in [-0.3, -0.25) is 0 Å². The lowest BCUT2D eigenvalue weighted by Crippen LogP contribution is -2.27. The molecule has 0 aromatic carbocycles. The fourth-order valence-corrected chi connectivity index (χ4v) is 1.81. The number of hydrogen-bond acceptors (Lipinski definition) is 2. The topological polar surface area (TPSA) is 24.9 Å². The molecule has 1 aromatic rings. The molecule has 0 saturated carbocycles. The molecule has 1 atom stereocenters. The van der Waals surface area contributed by atoms with Gasteiger partial charge in [-0.1, -0.05) is 6.42 Å². The van der Waals surface area contributed by atoms with Crippen molar-refractivity contribution in [2.24, 2.45) is 0 Å². The maximum Gasteiger partial charge on any atom is 0.213 e. The van der Waals surface area contributed by atoms with Crippen LogP contribution in [-0.2, 0) is 0 Å². The van der Waals surface area contributed by atoms with Crippen LogP contribution in [-0.4, -0.2) is 11.5 Å². The van der Waals surface area contributed by atoms with Gasteiger partial charge < -0.3 is 5.32 Å². The summed E-state index contributed by atoms with van der Waals surface area (Å²) in [5.74, 6) is -1.04. The van der Waals surface area contributed by atoms with Gasteiger partial charge in [0.1, 0.15) is 5.82 Å². The predicted octanol–water partition coefficient (Wildman–Crippen LogP) is 2.17. The first-order chi connectivity index (χ1) is 6.77. The van der Waals surface area contributed by atoms with E-state index in [1.54, 1.807) is 0 Å². The van der Waals surface area contributed by atoms with Gasteiger partial charge in [0, 0.05) is 17.7 Å². The zero-order valence-electron chi connectivity index (χ0n) is 7.76. The Kier molecular flexibility index (Phi) is 2.72. The lowest BCUT2D eigenvalue weighted by molar-refractivity contribution is 0.396. The molecule has 1 aliphatic rings. The van der Waals surface area contributed by atoms with E-state index in [0.717, 1.165) is 32.0 Å². The van der Waals surface area contributed by atoms with Gasteiger partial charge >= 0.3 is 0 Å². The zero-order valence-corrected chi connectivity index (χ0v) is 7.76. The molecule has 0 radical (unpaired) electrons. The van der Waals surface area contributed by atoms with Crippen LogP contribution in [0.3, 0.4) is 0 Å². The molecular formula is C10H12F2N2.